The Morgan fingerprint density at radius 2 is 2.04 bits per heavy atom. The summed E-state index contributed by atoms with van der Waals surface area (Å²) in [6.45, 7) is 15.0. The summed E-state index contributed by atoms with van der Waals surface area (Å²) in [5.41, 5.74) is 4.16. The fourth-order valence-electron chi connectivity index (χ4n) is 3.37. The molecule has 1 unspecified atom stereocenters. The van der Waals surface area contributed by atoms with Gasteiger partial charge in [-0.2, -0.15) is 5.10 Å². The van der Waals surface area contributed by atoms with Crippen LogP contribution in [0.25, 0.3) is 0 Å². The van der Waals surface area contributed by atoms with Gasteiger partial charge in [-0.15, -0.1) is 24.0 Å². The van der Waals surface area contributed by atoms with E-state index < -0.39 is 0 Å². The molecular formula is C18H34IN5. The van der Waals surface area contributed by atoms with Crippen LogP contribution in [0.1, 0.15) is 50.6 Å². The zero-order valence-electron chi connectivity index (χ0n) is 16.1. The van der Waals surface area contributed by atoms with Crippen molar-refractivity contribution in [3.8, 4) is 0 Å². The number of nitrogens with zero attached hydrogens (tertiary/aromatic N) is 4. The highest BCUT2D eigenvalue weighted by atomic mass is 127. The first-order chi connectivity index (χ1) is 10.9. The molecule has 5 nitrogen and oxygen atoms in total. The topological polar surface area (TPSA) is 45.5 Å². The van der Waals surface area contributed by atoms with Crippen molar-refractivity contribution in [1.82, 2.24) is 20.0 Å². The fraction of sp³-hybridized carbons (Fsp3) is 0.778. The van der Waals surface area contributed by atoms with E-state index in [-0.39, 0.29) is 24.0 Å². The van der Waals surface area contributed by atoms with Crippen molar-refractivity contribution < 1.29 is 0 Å². The Morgan fingerprint density at radius 3 is 2.54 bits per heavy atom. The van der Waals surface area contributed by atoms with Gasteiger partial charge in [0.15, 0.2) is 5.96 Å². The molecule has 138 valence electrons. The van der Waals surface area contributed by atoms with Gasteiger partial charge in [0.1, 0.15) is 0 Å². The number of likely N-dealkylation sites (tertiary alicyclic amines) is 1. The maximum Gasteiger partial charge on any atom is 0.193 e. The standard InChI is InChI=1S/C18H33N5.HI/c1-7-18(5)10-12-23(13-18)17(19-8-2)20-11-9-16-14(3)21-22(6)15(16)4;/h7-13H2,1-6H3,(H,19,20);1H. The maximum absolute atomic E-state index is 4.88. The van der Waals surface area contributed by atoms with Crippen molar-refractivity contribution in [2.75, 3.05) is 26.2 Å². The lowest BCUT2D eigenvalue weighted by Crippen LogP contribution is -2.41. The molecule has 0 aromatic carbocycles. The third-order valence-electron chi connectivity index (χ3n) is 5.33. The Bertz CT molecular complexity index is 566. The van der Waals surface area contributed by atoms with Crippen LogP contribution in [0, 0.1) is 19.3 Å². The minimum atomic E-state index is 0. The van der Waals surface area contributed by atoms with Gasteiger partial charge in [-0.1, -0.05) is 13.8 Å². The van der Waals surface area contributed by atoms with Crippen molar-refractivity contribution in [3.63, 3.8) is 0 Å². The quantitative estimate of drug-likeness (QED) is 0.428. The number of hydrogen-bond acceptors (Lipinski definition) is 2. The minimum Gasteiger partial charge on any atom is -0.357 e. The van der Waals surface area contributed by atoms with E-state index in [2.05, 4.69) is 49.9 Å². The number of guanidine groups is 1. The molecule has 1 N–H and O–H groups in total. The Morgan fingerprint density at radius 1 is 1.33 bits per heavy atom. The normalized spacial score (nSPS) is 21.1. The van der Waals surface area contributed by atoms with Crippen LogP contribution in [0.3, 0.4) is 0 Å². The van der Waals surface area contributed by atoms with E-state index in [1.165, 1.54) is 24.1 Å². The summed E-state index contributed by atoms with van der Waals surface area (Å²) in [5.74, 6) is 1.07. The van der Waals surface area contributed by atoms with Gasteiger partial charge in [0, 0.05) is 38.9 Å². The predicted octanol–water partition coefficient (Wildman–Crippen LogP) is 3.28. The summed E-state index contributed by atoms with van der Waals surface area (Å²) in [6, 6.07) is 0. The molecule has 1 fully saturated rings. The molecule has 1 atom stereocenters. The summed E-state index contributed by atoms with van der Waals surface area (Å²) < 4.78 is 1.97. The number of hydrogen-bond donors (Lipinski definition) is 1. The van der Waals surface area contributed by atoms with E-state index in [0.717, 1.165) is 44.3 Å². The molecule has 0 saturated carbocycles. The molecule has 1 saturated heterocycles. The highest BCUT2D eigenvalue weighted by Crippen LogP contribution is 2.32. The Balaban J connectivity index is 0.00000288. The molecule has 1 aromatic heterocycles. The third kappa shape index (κ3) is 4.86. The van der Waals surface area contributed by atoms with Crippen LogP contribution in [0.4, 0.5) is 0 Å². The number of halogens is 1. The van der Waals surface area contributed by atoms with Gasteiger partial charge in [0.2, 0.25) is 0 Å². The Kier molecular flexibility index (Phi) is 8.02. The molecule has 2 heterocycles. The summed E-state index contributed by atoms with van der Waals surface area (Å²) in [4.78, 5) is 7.30. The average Bonchev–Trinajstić information content (AvgIpc) is 3.02. The molecule has 0 bridgehead atoms. The Labute approximate surface area is 164 Å². The number of rotatable bonds is 5. The summed E-state index contributed by atoms with van der Waals surface area (Å²) >= 11 is 0. The predicted molar refractivity (Wildman–Crippen MR) is 112 cm³/mol. The number of nitrogens with one attached hydrogen (secondary N) is 1. The first-order valence-corrected chi connectivity index (χ1v) is 8.92. The summed E-state index contributed by atoms with van der Waals surface area (Å²) in [6.07, 6.45) is 3.45. The molecular weight excluding hydrogens is 413 g/mol. The van der Waals surface area contributed by atoms with Crippen molar-refractivity contribution in [1.29, 1.82) is 0 Å². The zero-order chi connectivity index (χ0) is 17.0. The average molecular weight is 447 g/mol. The van der Waals surface area contributed by atoms with Crippen LogP contribution in [0.5, 0.6) is 0 Å². The summed E-state index contributed by atoms with van der Waals surface area (Å²) in [5, 5.41) is 7.96. The van der Waals surface area contributed by atoms with Crippen molar-refractivity contribution in [3.05, 3.63) is 17.0 Å². The summed E-state index contributed by atoms with van der Waals surface area (Å²) in [7, 11) is 2.01. The lowest BCUT2D eigenvalue weighted by atomic mass is 9.87. The van der Waals surface area contributed by atoms with Gasteiger partial charge in [0.05, 0.1) is 5.69 Å². The Hall–Kier alpha value is -0.790. The fourth-order valence-corrected chi connectivity index (χ4v) is 3.37. The first kappa shape index (κ1) is 21.3. The minimum absolute atomic E-state index is 0. The number of aryl methyl sites for hydroxylation is 2. The van der Waals surface area contributed by atoms with Gasteiger partial charge in [-0.3, -0.25) is 9.67 Å². The smallest absolute Gasteiger partial charge is 0.193 e. The molecule has 0 spiro atoms. The molecule has 0 aliphatic carbocycles. The largest absolute Gasteiger partial charge is 0.357 e. The van der Waals surface area contributed by atoms with Gasteiger partial charge >= 0.3 is 0 Å². The van der Waals surface area contributed by atoms with Crippen LogP contribution < -0.4 is 5.32 Å². The molecule has 0 amide bonds. The van der Waals surface area contributed by atoms with E-state index in [9.17, 15) is 0 Å². The second-order valence-corrected chi connectivity index (χ2v) is 7.09. The number of aliphatic imine (C=N–C) groups is 1. The molecule has 1 aliphatic rings. The lowest BCUT2D eigenvalue weighted by Gasteiger charge is -2.25. The van der Waals surface area contributed by atoms with E-state index in [1.54, 1.807) is 0 Å². The maximum atomic E-state index is 4.88. The molecule has 2 rings (SSSR count). The van der Waals surface area contributed by atoms with Gasteiger partial charge in [0.25, 0.3) is 0 Å². The zero-order valence-corrected chi connectivity index (χ0v) is 18.5. The lowest BCUT2D eigenvalue weighted by molar-refractivity contribution is 0.322. The highest BCUT2D eigenvalue weighted by molar-refractivity contribution is 14.0. The first-order valence-electron chi connectivity index (χ1n) is 8.92. The van der Waals surface area contributed by atoms with E-state index >= 15 is 0 Å². The van der Waals surface area contributed by atoms with Crippen LogP contribution in [-0.2, 0) is 13.5 Å². The second-order valence-electron chi connectivity index (χ2n) is 7.09. The third-order valence-corrected chi connectivity index (χ3v) is 5.33. The van der Waals surface area contributed by atoms with Crippen LogP contribution in [-0.4, -0.2) is 46.8 Å². The highest BCUT2D eigenvalue weighted by Gasteiger charge is 2.33. The van der Waals surface area contributed by atoms with Crippen LogP contribution in [0.15, 0.2) is 4.99 Å². The monoisotopic (exact) mass is 447 g/mol. The molecule has 6 heteroatoms. The van der Waals surface area contributed by atoms with Gasteiger partial charge in [-0.25, -0.2) is 0 Å². The van der Waals surface area contributed by atoms with Crippen molar-refractivity contribution in [2.24, 2.45) is 17.5 Å². The second kappa shape index (κ2) is 9.06. The van der Waals surface area contributed by atoms with E-state index in [0.29, 0.717) is 5.41 Å². The number of aromatic nitrogens is 2. The van der Waals surface area contributed by atoms with E-state index in [1.807, 2.05) is 11.7 Å². The van der Waals surface area contributed by atoms with Crippen LogP contribution in [0.2, 0.25) is 0 Å². The molecule has 1 aliphatic heterocycles. The van der Waals surface area contributed by atoms with Gasteiger partial charge < -0.3 is 10.2 Å². The van der Waals surface area contributed by atoms with Crippen molar-refractivity contribution in [2.45, 2.75) is 53.9 Å². The SMILES string of the molecule is CCNC(=NCCc1c(C)nn(C)c1C)N1CCC(C)(CC)C1.I. The van der Waals surface area contributed by atoms with Crippen LogP contribution >= 0.6 is 24.0 Å². The van der Waals surface area contributed by atoms with Crippen molar-refractivity contribution >= 4 is 29.9 Å². The van der Waals surface area contributed by atoms with Gasteiger partial charge in [-0.05, 0) is 51.0 Å². The molecule has 0 radical (unpaired) electrons. The molecule has 24 heavy (non-hydrogen) atoms. The molecule has 1 aromatic rings. The van der Waals surface area contributed by atoms with E-state index in [4.69, 9.17) is 4.99 Å².